The molecule has 0 bridgehead atoms. The zero-order valence-corrected chi connectivity index (χ0v) is 15.0. The number of nitrogens with one attached hydrogen (secondary N) is 1. The molecule has 0 unspecified atom stereocenters. The van der Waals surface area contributed by atoms with Crippen LogP contribution in [-0.4, -0.2) is 29.9 Å². The molecule has 1 amide bonds. The van der Waals surface area contributed by atoms with Gasteiger partial charge < -0.3 is 23.9 Å². The van der Waals surface area contributed by atoms with Gasteiger partial charge in [0.05, 0.1) is 25.2 Å². The maximum atomic E-state index is 12.8. The molecule has 0 fully saturated rings. The number of carbonyl (C=O) groups is 1. The van der Waals surface area contributed by atoms with E-state index in [0.29, 0.717) is 46.0 Å². The molecule has 0 aliphatic carbocycles. The molecule has 0 saturated heterocycles. The molecule has 0 saturated carbocycles. The summed E-state index contributed by atoms with van der Waals surface area (Å²) in [4.78, 5) is 25.5. The number of ether oxygens (including phenoxy) is 2. The first-order valence-corrected chi connectivity index (χ1v) is 8.02. The standard InChI is InChI=1S/C18H19N3O5/c1-5-21-9-13(17(22)19-16-6-10(2)26-20-16)11-7-14(24-3)15(25-4)8-12(11)18(21)23/h6-9H,5H2,1-4H3,(H,19,20,22). The zero-order valence-electron chi connectivity index (χ0n) is 15.0. The molecule has 3 aromatic rings. The fourth-order valence-corrected chi connectivity index (χ4v) is 2.74. The van der Waals surface area contributed by atoms with Crippen LogP contribution < -0.4 is 20.3 Å². The first kappa shape index (κ1) is 17.5. The first-order valence-electron chi connectivity index (χ1n) is 8.02. The highest BCUT2D eigenvalue weighted by Crippen LogP contribution is 2.32. The quantitative estimate of drug-likeness (QED) is 0.754. The predicted molar refractivity (Wildman–Crippen MR) is 96.2 cm³/mol. The summed E-state index contributed by atoms with van der Waals surface area (Å²) in [5, 5.41) is 7.28. The van der Waals surface area contributed by atoms with Crippen molar-refractivity contribution in [2.45, 2.75) is 20.4 Å². The Balaban J connectivity index is 2.21. The van der Waals surface area contributed by atoms with E-state index in [2.05, 4.69) is 10.5 Å². The number of pyridine rings is 1. The van der Waals surface area contributed by atoms with Crippen molar-refractivity contribution < 1.29 is 18.8 Å². The van der Waals surface area contributed by atoms with Crippen LogP contribution in [0.25, 0.3) is 10.8 Å². The number of carbonyl (C=O) groups excluding carboxylic acids is 1. The third-order valence-electron chi connectivity index (χ3n) is 4.04. The number of hydrogen-bond acceptors (Lipinski definition) is 6. The van der Waals surface area contributed by atoms with Gasteiger partial charge in [-0.25, -0.2) is 0 Å². The molecule has 8 heteroatoms. The summed E-state index contributed by atoms with van der Waals surface area (Å²) in [7, 11) is 2.99. The van der Waals surface area contributed by atoms with Crippen molar-refractivity contribution in [1.82, 2.24) is 9.72 Å². The van der Waals surface area contributed by atoms with E-state index in [0.717, 1.165) is 0 Å². The molecule has 1 aromatic carbocycles. The number of aromatic nitrogens is 2. The molecule has 2 aromatic heterocycles. The lowest BCUT2D eigenvalue weighted by atomic mass is 10.1. The second-order valence-electron chi connectivity index (χ2n) is 5.66. The van der Waals surface area contributed by atoms with Crippen LogP contribution in [0.5, 0.6) is 11.5 Å². The van der Waals surface area contributed by atoms with Crippen molar-refractivity contribution in [3.63, 3.8) is 0 Å². The number of benzene rings is 1. The number of anilines is 1. The van der Waals surface area contributed by atoms with Gasteiger partial charge in [0.25, 0.3) is 11.5 Å². The van der Waals surface area contributed by atoms with Gasteiger partial charge in [0, 0.05) is 24.2 Å². The highest BCUT2D eigenvalue weighted by Gasteiger charge is 2.19. The lowest BCUT2D eigenvalue weighted by molar-refractivity contribution is 0.102. The third kappa shape index (κ3) is 3.01. The average molecular weight is 357 g/mol. The van der Waals surface area contributed by atoms with Crippen LogP contribution in [0, 0.1) is 6.92 Å². The van der Waals surface area contributed by atoms with E-state index < -0.39 is 5.91 Å². The normalized spacial score (nSPS) is 10.8. The largest absolute Gasteiger partial charge is 0.493 e. The van der Waals surface area contributed by atoms with E-state index in [1.165, 1.54) is 25.0 Å². The van der Waals surface area contributed by atoms with Gasteiger partial charge in [-0.1, -0.05) is 5.16 Å². The Hall–Kier alpha value is -3.29. The molecular weight excluding hydrogens is 338 g/mol. The van der Waals surface area contributed by atoms with Crippen molar-refractivity contribution in [2.24, 2.45) is 0 Å². The highest BCUT2D eigenvalue weighted by molar-refractivity contribution is 6.12. The van der Waals surface area contributed by atoms with Gasteiger partial charge in [0.2, 0.25) is 0 Å². The van der Waals surface area contributed by atoms with Gasteiger partial charge in [-0.15, -0.1) is 0 Å². The zero-order chi connectivity index (χ0) is 18.8. The molecule has 0 aliphatic rings. The van der Waals surface area contributed by atoms with Crippen LogP contribution in [0.1, 0.15) is 23.0 Å². The summed E-state index contributed by atoms with van der Waals surface area (Å²) in [5.74, 6) is 1.33. The fraction of sp³-hybridized carbons (Fsp3) is 0.278. The minimum Gasteiger partial charge on any atom is -0.493 e. The molecule has 8 nitrogen and oxygen atoms in total. The Bertz CT molecular complexity index is 1040. The molecular formula is C18H19N3O5. The van der Waals surface area contributed by atoms with Crippen LogP contribution >= 0.6 is 0 Å². The second kappa shape index (κ2) is 6.91. The lowest BCUT2D eigenvalue weighted by Crippen LogP contribution is -2.23. The molecule has 0 aliphatic heterocycles. The van der Waals surface area contributed by atoms with Gasteiger partial charge in [-0.05, 0) is 26.0 Å². The maximum Gasteiger partial charge on any atom is 0.259 e. The smallest absolute Gasteiger partial charge is 0.259 e. The Morgan fingerprint density at radius 3 is 2.38 bits per heavy atom. The van der Waals surface area contributed by atoms with Gasteiger partial charge >= 0.3 is 0 Å². The molecule has 3 rings (SSSR count). The summed E-state index contributed by atoms with van der Waals surface area (Å²) in [6, 6.07) is 4.82. The predicted octanol–water partition coefficient (Wildman–Crippen LogP) is 2.59. The van der Waals surface area contributed by atoms with Crippen LogP contribution in [-0.2, 0) is 6.54 Å². The number of aryl methyl sites for hydroxylation is 2. The van der Waals surface area contributed by atoms with E-state index >= 15 is 0 Å². The van der Waals surface area contributed by atoms with Crippen molar-refractivity contribution in [1.29, 1.82) is 0 Å². The number of hydrogen-bond donors (Lipinski definition) is 1. The molecule has 0 atom stereocenters. The van der Waals surface area contributed by atoms with Crippen molar-refractivity contribution in [2.75, 3.05) is 19.5 Å². The Kier molecular flexibility index (Phi) is 4.66. The monoisotopic (exact) mass is 357 g/mol. The molecule has 0 radical (unpaired) electrons. The molecule has 26 heavy (non-hydrogen) atoms. The summed E-state index contributed by atoms with van der Waals surface area (Å²) in [6.07, 6.45) is 1.53. The van der Waals surface area contributed by atoms with Crippen molar-refractivity contribution >= 4 is 22.5 Å². The van der Waals surface area contributed by atoms with E-state index in [-0.39, 0.29) is 5.56 Å². The average Bonchev–Trinajstić information content (AvgIpc) is 3.05. The van der Waals surface area contributed by atoms with E-state index in [9.17, 15) is 9.59 Å². The number of methoxy groups -OCH3 is 2. The fourth-order valence-electron chi connectivity index (χ4n) is 2.74. The first-order chi connectivity index (χ1) is 12.5. The molecule has 0 spiro atoms. The number of fused-ring (bicyclic) bond motifs is 1. The summed E-state index contributed by atoms with van der Waals surface area (Å²) in [5.41, 5.74) is 0.111. The molecule has 2 heterocycles. The third-order valence-corrected chi connectivity index (χ3v) is 4.04. The highest BCUT2D eigenvalue weighted by atomic mass is 16.5. The minimum absolute atomic E-state index is 0.211. The maximum absolute atomic E-state index is 12.8. The molecule has 136 valence electrons. The van der Waals surface area contributed by atoms with Crippen LogP contribution in [0.2, 0.25) is 0 Å². The van der Waals surface area contributed by atoms with Crippen molar-refractivity contribution in [3.8, 4) is 11.5 Å². The van der Waals surface area contributed by atoms with Crippen LogP contribution in [0.3, 0.4) is 0 Å². The van der Waals surface area contributed by atoms with Gasteiger partial charge in [0.15, 0.2) is 17.3 Å². The SMILES string of the molecule is CCn1cc(C(=O)Nc2cc(C)on2)c2cc(OC)c(OC)cc2c1=O. The van der Waals surface area contributed by atoms with E-state index in [1.807, 2.05) is 6.92 Å². The number of rotatable bonds is 5. The van der Waals surface area contributed by atoms with Gasteiger partial charge in [0.1, 0.15) is 5.76 Å². The summed E-state index contributed by atoms with van der Waals surface area (Å²) in [6.45, 7) is 3.98. The topological polar surface area (TPSA) is 95.6 Å². The molecule has 1 N–H and O–H groups in total. The Morgan fingerprint density at radius 1 is 1.19 bits per heavy atom. The van der Waals surface area contributed by atoms with Crippen molar-refractivity contribution in [3.05, 3.63) is 46.1 Å². The number of nitrogens with zero attached hydrogens (tertiary/aromatic N) is 2. The van der Waals surface area contributed by atoms with Gasteiger partial charge in [-0.3, -0.25) is 9.59 Å². The van der Waals surface area contributed by atoms with E-state index in [1.54, 1.807) is 25.1 Å². The Morgan fingerprint density at radius 2 is 1.85 bits per heavy atom. The second-order valence-corrected chi connectivity index (χ2v) is 5.66. The summed E-state index contributed by atoms with van der Waals surface area (Å²) >= 11 is 0. The number of amides is 1. The van der Waals surface area contributed by atoms with Gasteiger partial charge in [-0.2, -0.15) is 0 Å². The Labute approximate surface area is 149 Å². The van der Waals surface area contributed by atoms with Crippen LogP contribution in [0.4, 0.5) is 5.82 Å². The summed E-state index contributed by atoms with van der Waals surface area (Å²) < 4.78 is 17.0. The minimum atomic E-state index is -0.405. The lowest BCUT2D eigenvalue weighted by Gasteiger charge is -2.14. The van der Waals surface area contributed by atoms with Crippen LogP contribution in [0.15, 0.2) is 33.7 Å². The van der Waals surface area contributed by atoms with E-state index in [4.69, 9.17) is 14.0 Å².